The van der Waals surface area contributed by atoms with E-state index in [2.05, 4.69) is 10.6 Å². The van der Waals surface area contributed by atoms with E-state index in [1.54, 1.807) is 0 Å². The van der Waals surface area contributed by atoms with Gasteiger partial charge >= 0.3 is 5.97 Å². The Hall–Kier alpha value is -2.89. The van der Waals surface area contributed by atoms with Gasteiger partial charge in [-0.3, -0.25) is 14.4 Å². The number of amides is 2. The third kappa shape index (κ3) is 6.40. The van der Waals surface area contributed by atoms with Crippen LogP contribution in [0.15, 0.2) is 42.5 Å². The van der Waals surface area contributed by atoms with Crippen LogP contribution in [0.3, 0.4) is 0 Å². The predicted molar refractivity (Wildman–Crippen MR) is 104 cm³/mol. The number of nitrogens with one attached hydrogen (secondary N) is 2. The molecule has 2 aromatic carbocycles. The molecule has 1 unspecified atom stereocenters. The molecule has 2 aromatic rings. The summed E-state index contributed by atoms with van der Waals surface area (Å²) in [7, 11) is 0. The summed E-state index contributed by atoms with van der Waals surface area (Å²) in [6.07, 6.45) is 0.669. The van der Waals surface area contributed by atoms with Crippen LogP contribution in [0.25, 0.3) is 10.8 Å². The van der Waals surface area contributed by atoms with E-state index >= 15 is 0 Å². The van der Waals surface area contributed by atoms with E-state index in [1.165, 1.54) is 0 Å². The monoisotopic (exact) mass is 370 g/mol. The van der Waals surface area contributed by atoms with E-state index in [9.17, 15) is 19.5 Å². The molecule has 0 saturated carbocycles. The van der Waals surface area contributed by atoms with Gasteiger partial charge in [0.1, 0.15) is 0 Å². The highest BCUT2D eigenvalue weighted by atomic mass is 16.4. The standard InChI is InChI=1S/C21H26N2O4/c1-14(2)10-17(21(26)27)12-22-20(25)13-23-19(24)11-16-8-5-7-15-6-3-4-9-18(15)16/h3-9,14,17H,10-13H2,1-2H3,(H,22,25)(H,23,24)(H,26,27). The maximum Gasteiger partial charge on any atom is 0.308 e. The van der Waals surface area contributed by atoms with Crippen LogP contribution in [0.1, 0.15) is 25.8 Å². The Kier molecular flexibility index (Phi) is 7.34. The Balaban J connectivity index is 1.82. The van der Waals surface area contributed by atoms with Gasteiger partial charge in [0, 0.05) is 6.54 Å². The third-order valence-corrected chi connectivity index (χ3v) is 4.33. The second-order valence-electron chi connectivity index (χ2n) is 7.06. The molecule has 3 N–H and O–H groups in total. The second kappa shape index (κ2) is 9.71. The number of carbonyl (C=O) groups excluding carboxylic acids is 2. The SMILES string of the molecule is CC(C)CC(CNC(=O)CNC(=O)Cc1cccc2ccccc12)C(=O)O. The molecule has 1 atom stereocenters. The molecule has 0 aromatic heterocycles. The highest BCUT2D eigenvalue weighted by Crippen LogP contribution is 2.18. The normalized spacial score (nSPS) is 12.0. The van der Waals surface area contributed by atoms with Crippen LogP contribution >= 0.6 is 0 Å². The second-order valence-corrected chi connectivity index (χ2v) is 7.06. The lowest BCUT2D eigenvalue weighted by Crippen LogP contribution is -2.40. The molecule has 0 saturated heterocycles. The smallest absolute Gasteiger partial charge is 0.308 e. The number of carboxylic acid groups (broad SMARTS) is 1. The van der Waals surface area contributed by atoms with Crippen LogP contribution in [0, 0.1) is 11.8 Å². The minimum Gasteiger partial charge on any atom is -0.481 e. The lowest BCUT2D eigenvalue weighted by molar-refractivity contribution is -0.142. The van der Waals surface area contributed by atoms with Crippen molar-refractivity contribution in [2.24, 2.45) is 11.8 Å². The van der Waals surface area contributed by atoms with Crippen molar-refractivity contribution in [1.82, 2.24) is 10.6 Å². The molecular formula is C21H26N2O4. The minimum absolute atomic E-state index is 0.0611. The number of fused-ring (bicyclic) bond motifs is 1. The number of carboxylic acids is 1. The maximum absolute atomic E-state index is 12.2. The summed E-state index contributed by atoms with van der Waals surface area (Å²) >= 11 is 0. The van der Waals surface area contributed by atoms with Crippen LogP contribution in [-0.4, -0.2) is 36.0 Å². The average Bonchev–Trinajstić information content (AvgIpc) is 2.63. The van der Waals surface area contributed by atoms with Crippen LogP contribution in [0.4, 0.5) is 0 Å². The fraction of sp³-hybridized carbons (Fsp3) is 0.381. The van der Waals surface area contributed by atoms with Gasteiger partial charge in [-0.15, -0.1) is 0 Å². The zero-order valence-corrected chi connectivity index (χ0v) is 15.7. The summed E-state index contributed by atoms with van der Waals surface area (Å²) in [5, 5.41) is 16.4. The van der Waals surface area contributed by atoms with Gasteiger partial charge in [-0.25, -0.2) is 0 Å². The first-order valence-electron chi connectivity index (χ1n) is 9.09. The molecule has 144 valence electrons. The molecular weight excluding hydrogens is 344 g/mol. The lowest BCUT2D eigenvalue weighted by Gasteiger charge is -2.15. The number of hydrogen-bond acceptors (Lipinski definition) is 3. The van der Waals surface area contributed by atoms with Crippen molar-refractivity contribution in [2.75, 3.05) is 13.1 Å². The molecule has 0 bridgehead atoms. The highest BCUT2D eigenvalue weighted by Gasteiger charge is 2.19. The van der Waals surface area contributed by atoms with E-state index < -0.39 is 17.8 Å². The summed E-state index contributed by atoms with van der Waals surface area (Å²) in [6.45, 7) is 3.76. The minimum atomic E-state index is -0.927. The van der Waals surface area contributed by atoms with Gasteiger partial charge in [-0.1, -0.05) is 56.3 Å². The molecule has 0 aliphatic heterocycles. The van der Waals surface area contributed by atoms with Crippen molar-refractivity contribution in [2.45, 2.75) is 26.7 Å². The Morgan fingerprint density at radius 2 is 1.67 bits per heavy atom. The fourth-order valence-corrected chi connectivity index (χ4v) is 3.00. The first-order valence-corrected chi connectivity index (χ1v) is 9.09. The maximum atomic E-state index is 12.2. The summed E-state index contributed by atoms with van der Waals surface area (Å²) < 4.78 is 0. The van der Waals surface area contributed by atoms with E-state index in [0.29, 0.717) is 6.42 Å². The molecule has 0 aliphatic carbocycles. The lowest BCUT2D eigenvalue weighted by atomic mass is 9.97. The number of rotatable bonds is 9. The average molecular weight is 370 g/mol. The van der Waals surface area contributed by atoms with Gasteiger partial charge in [0.25, 0.3) is 0 Å². The number of benzene rings is 2. The molecule has 6 heteroatoms. The first kappa shape index (κ1) is 20.4. The molecule has 6 nitrogen and oxygen atoms in total. The Labute approximate surface area is 159 Å². The topological polar surface area (TPSA) is 95.5 Å². The van der Waals surface area contributed by atoms with E-state index in [4.69, 9.17) is 0 Å². The molecule has 2 rings (SSSR count). The third-order valence-electron chi connectivity index (χ3n) is 4.33. The number of hydrogen-bond donors (Lipinski definition) is 3. The predicted octanol–water partition coefficient (Wildman–Crippen LogP) is 2.36. The van der Waals surface area contributed by atoms with Gasteiger partial charge in [-0.2, -0.15) is 0 Å². The van der Waals surface area contributed by atoms with Gasteiger partial charge in [-0.05, 0) is 28.7 Å². The van der Waals surface area contributed by atoms with Crippen molar-refractivity contribution in [3.63, 3.8) is 0 Å². The number of carbonyl (C=O) groups is 3. The Morgan fingerprint density at radius 3 is 2.37 bits per heavy atom. The first-order chi connectivity index (χ1) is 12.9. The van der Waals surface area contributed by atoms with Gasteiger partial charge in [0.2, 0.25) is 11.8 Å². The summed E-state index contributed by atoms with van der Waals surface area (Å²) in [5.41, 5.74) is 0.897. The zero-order chi connectivity index (χ0) is 19.8. The van der Waals surface area contributed by atoms with E-state index in [0.717, 1.165) is 16.3 Å². The van der Waals surface area contributed by atoms with E-state index in [1.807, 2.05) is 56.3 Å². The van der Waals surface area contributed by atoms with Crippen LogP contribution < -0.4 is 10.6 Å². The zero-order valence-electron chi connectivity index (χ0n) is 15.7. The molecule has 2 amide bonds. The van der Waals surface area contributed by atoms with Gasteiger partial charge in [0.15, 0.2) is 0 Å². The fourth-order valence-electron chi connectivity index (χ4n) is 3.00. The van der Waals surface area contributed by atoms with Crippen molar-refractivity contribution < 1.29 is 19.5 Å². The number of aliphatic carboxylic acids is 1. The summed E-state index contributed by atoms with van der Waals surface area (Å²) in [6, 6.07) is 13.6. The molecule has 0 spiro atoms. The molecule has 0 aliphatic rings. The van der Waals surface area contributed by atoms with Gasteiger partial charge < -0.3 is 15.7 Å². The van der Waals surface area contributed by atoms with Crippen LogP contribution in [0.5, 0.6) is 0 Å². The van der Waals surface area contributed by atoms with Gasteiger partial charge in [0.05, 0.1) is 18.9 Å². The van der Waals surface area contributed by atoms with Crippen molar-refractivity contribution in [1.29, 1.82) is 0 Å². The van der Waals surface area contributed by atoms with Crippen LogP contribution in [-0.2, 0) is 20.8 Å². The Bertz CT molecular complexity index is 811. The molecule has 27 heavy (non-hydrogen) atoms. The molecule has 0 fully saturated rings. The largest absolute Gasteiger partial charge is 0.481 e. The summed E-state index contributed by atoms with van der Waals surface area (Å²) in [4.78, 5) is 35.3. The Morgan fingerprint density at radius 1 is 0.963 bits per heavy atom. The molecule has 0 heterocycles. The summed E-state index contributed by atoms with van der Waals surface area (Å²) in [5.74, 6) is -1.97. The van der Waals surface area contributed by atoms with Crippen LogP contribution in [0.2, 0.25) is 0 Å². The van der Waals surface area contributed by atoms with E-state index in [-0.39, 0.29) is 31.3 Å². The van der Waals surface area contributed by atoms with Crippen molar-refractivity contribution in [3.8, 4) is 0 Å². The quantitative estimate of drug-likeness (QED) is 0.631. The van der Waals surface area contributed by atoms with Crippen molar-refractivity contribution >= 4 is 28.6 Å². The van der Waals surface area contributed by atoms with Crippen molar-refractivity contribution in [3.05, 3.63) is 48.0 Å². The highest BCUT2D eigenvalue weighted by molar-refractivity contribution is 5.91. The molecule has 0 radical (unpaired) electrons.